The van der Waals surface area contributed by atoms with Gasteiger partial charge in [-0.05, 0) is 49.8 Å². The van der Waals surface area contributed by atoms with Crippen molar-refractivity contribution in [2.24, 2.45) is 5.92 Å². The summed E-state index contributed by atoms with van der Waals surface area (Å²) in [6.45, 7) is 7.37. The second-order valence-electron chi connectivity index (χ2n) is 9.46. The first kappa shape index (κ1) is 23.1. The summed E-state index contributed by atoms with van der Waals surface area (Å²) < 4.78 is 4.38. The smallest absolute Gasteiger partial charge is 0.255 e. The van der Waals surface area contributed by atoms with Gasteiger partial charge in [0.05, 0.1) is 12.1 Å². The van der Waals surface area contributed by atoms with Crippen molar-refractivity contribution in [3.63, 3.8) is 0 Å². The van der Waals surface area contributed by atoms with Crippen LogP contribution in [0.3, 0.4) is 0 Å². The predicted octanol–water partition coefficient (Wildman–Crippen LogP) is 5.22. The fourth-order valence-corrected chi connectivity index (χ4v) is 5.31. The molecule has 2 aromatic heterocycles. The first-order valence-corrected chi connectivity index (χ1v) is 12.6. The fraction of sp³-hybridized carbons (Fsp3) is 0.345. The average Bonchev–Trinajstić information content (AvgIpc) is 3.48. The molecule has 180 valence electrons. The molecule has 0 radical (unpaired) electrons. The van der Waals surface area contributed by atoms with Gasteiger partial charge in [0.15, 0.2) is 0 Å². The Balaban J connectivity index is 1.31. The van der Waals surface area contributed by atoms with E-state index in [9.17, 15) is 4.79 Å². The van der Waals surface area contributed by atoms with Crippen molar-refractivity contribution in [1.29, 1.82) is 0 Å². The van der Waals surface area contributed by atoms with E-state index in [0.29, 0.717) is 5.92 Å². The van der Waals surface area contributed by atoms with Crippen LogP contribution >= 0.6 is 0 Å². The second kappa shape index (κ2) is 10.3. The maximum absolute atomic E-state index is 13.7. The molecule has 2 aromatic carbocycles. The van der Waals surface area contributed by atoms with Gasteiger partial charge in [-0.3, -0.25) is 4.79 Å². The van der Waals surface area contributed by atoms with Crippen molar-refractivity contribution in [1.82, 2.24) is 24.2 Å². The minimum Gasteiger partial charge on any atom is -0.344 e. The standard InChI is InChI=1S/C29H33N5O/c1-3-34-22(2)26(18-27(34)25-14-8-5-9-15-25)29(35)32-16-10-13-24(20-32)17-28-31-30-21-33(28)19-23-11-6-4-7-12-23/h4-9,11-12,14-15,18,21,24H,3,10,13,16-17,19-20H2,1-2H3. The van der Waals surface area contributed by atoms with Crippen molar-refractivity contribution in [3.8, 4) is 11.3 Å². The Kier molecular flexibility index (Phi) is 6.80. The lowest BCUT2D eigenvalue weighted by Crippen LogP contribution is -2.41. The third kappa shape index (κ3) is 4.92. The van der Waals surface area contributed by atoms with Gasteiger partial charge in [-0.2, -0.15) is 0 Å². The highest BCUT2D eigenvalue weighted by Gasteiger charge is 2.28. The van der Waals surface area contributed by atoms with Gasteiger partial charge >= 0.3 is 0 Å². The quantitative estimate of drug-likeness (QED) is 0.375. The molecule has 1 amide bonds. The van der Waals surface area contributed by atoms with Crippen LogP contribution in [0, 0.1) is 12.8 Å². The first-order valence-electron chi connectivity index (χ1n) is 12.6. The number of amides is 1. The molecule has 0 spiro atoms. The molecule has 3 heterocycles. The van der Waals surface area contributed by atoms with Crippen molar-refractivity contribution in [2.75, 3.05) is 13.1 Å². The number of likely N-dealkylation sites (tertiary alicyclic amines) is 1. The van der Waals surface area contributed by atoms with Gasteiger partial charge in [-0.25, -0.2) is 0 Å². The third-order valence-electron chi connectivity index (χ3n) is 7.15. The summed E-state index contributed by atoms with van der Waals surface area (Å²) in [4.78, 5) is 15.7. The zero-order valence-corrected chi connectivity index (χ0v) is 20.6. The Morgan fingerprint density at radius 3 is 2.54 bits per heavy atom. The zero-order valence-electron chi connectivity index (χ0n) is 20.6. The lowest BCUT2D eigenvalue weighted by atomic mass is 9.94. The number of carbonyl (C=O) groups excluding carboxylic acids is 1. The molecule has 6 nitrogen and oxygen atoms in total. The Bertz CT molecular complexity index is 1280. The summed E-state index contributed by atoms with van der Waals surface area (Å²) in [5.41, 5.74) is 5.35. The van der Waals surface area contributed by atoms with E-state index in [0.717, 1.165) is 73.8 Å². The van der Waals surface area contributed by atoms with E-state index in [-0.39, 0.29) is 5.91 Å². The highest BCUT2D eigenvalue weighted by molar-refractivity contribution is 5.97. The summed E-state index contributed by atoms with van der Waals surface area (Å²) in [6.07, 6.45) is 4.77. The third-order valence-corrected chi connectivity index (χ3v) is 7.15. The Hall–Kier alpha value is -3.67. The summed E-state index contributed by atoms with van der Waals surface area (Å²) in [7, 11) is 0. The van der Waals surface area contributed by atoms with Crippen LogP contribution in [0.2, 0.25) is 0 Å². The highest BCUT2D eigenvalue weighted by atomic mass is 16.2. The van der Waals surface area contributed by atoms with Crippen LogP contribution in [-0.2, 0) is 19.5 Å². The lowest BCUT2D eigenvalue weighted by molar-refractivity contribution is 0.0671. The molecule has 4 aromatic rings. The van der Waals surface area contributed by atoms with Gasteiger partial charge in [-0.15, -0.1) is 10.2 Å². The van der Waals surface area contributed by atoms with Crippen molar-refractivity contribution in [3.05, 3.63) is 95.7 Å². The normalized spacial score (nSPS) is 15.9. The summed E-state index contributed by atoms with van der Waals surface area (Å²) in [5, 5.41) is 8.59. The molecule has 0 aliphatic carbocycles. The molecule has 6 heteroatoms. The molecule has 1 fully saturated rings. The monoisotopic (exact) mass is 467 g/mol. The number of aromatic nitrogens is 4. The van der Waals surface area contributed by atoms with Crippen molar-refractivity contribution >= 4 is 5.91 Å². The average molecular weight is 468 g/mol. The molecule has 0 bridgehead atoms. The van der Waals surface area contributed by atoms with Crippen molar-refractivity contribution in [2.45, 2.75) is 46.2 Å². The van der Waals surface area contributed by atoms with E-state index in [1.807, 2.05) is 35.5 Å². The van der Waals surface area contributed by atoms with Crippen LogP contribution in [0.1, 0.15) is 47.2 Å². The van der Waals surface area contributed by atoms with Crippen LogP contribution in [0.15, 0.2) is 73.1 Å². The molecule has 5 rings (SSSR count). The first-order chi connectivity index (χ1) is 17.1. The van der Waals surface area contributed by atoms with E-state index in [4.69, 9.17) is 0 Å². The number of rotatable bonds is 7. The van der Waals surface area contributed by atoms with E-state index in [2.05, 4.69) is 75.6 Å². The number of carbonyl (C=O) groups is 1. The molecular formula is C29H33N5O. The van der Waals surface area contributed by atoms with Gasteiger partial charge in [0.1, 0.15) is 12.2 Å². The van der Waals surface area contributed by atoms with Gasteiger partial charge in [0.2, 0.25) is 0 Å². The molecule has 35 heavy (non-hydrogen) atoms. The summed E-state index contributed by atoms with van der Waals surface area (Å²) in [6, 6.07) is 22.8. The Morgan fingerprint density at radius 2 is 1.80 bits per heavy atom. The molecule has 0 saturated carbocycles. The molecular weight excluding hydrogens is 434 g/mol. The van der Waals surface area contributed by atoms with E-state index in [1.54, 1.807) is 0 Å². The molecule has 1 aliphatic rings. The zero-order chi connectivity index (χ0) is 24.2. The fourth-order valence-electron chi connectivity index (χ4n) is 5.31. The van der Waals surface area contributed by atoms with Gasteiger partial charge in [-0.1, -0.05) is 60.7 Å². The number of hydrogen-bond acceptors (Lipinski definition) is 3. The predicted molar refractivity (Wildman–Crippen MR) is 138 cm³/mol. The van der Waals surface area contributed by atoms with E-state index >= 15 is 0 Å². The summed E-state index contributed by atoms with van der Waals surface area (Å²) in [5.74, 6) is 1.52. The molecule has 1 aliphatic heterocycles. The van der Waals surface area contributed by atoms with Gasteiger partial charge < -0.3 is 14.0 Å². The van der Waals surface area contributed by atoms with Crippen LogP contribution in [-0.4, -0.2) is 43.2 Å². The highest BCUT2D eigenvalue weighted by Crippen LogP contribution is 2.28. The minimum absolute atomic E-state index is 0.141. The molecule has 0 N–H and O–H groups in total. The van der Waals surface area contributed by atoms with Gasteiger partial charge in [0, 0.05) is 37.4 Å². The van der Waals surface area contributed by atoms with E-state index in [1.165, 1.54) is 5.56 Å². The second-order valence-corrected chi connectivity index (χ2v) is 9.46. The SMILES string of the molecule is CCn1c(-c2ccccc2)cc(C(=O)N2CCCC(Cc3nncn3Cc3ccccc3)C2)c1C. The Morgan fingerprint density at radius 1 is 1.06 bits per heavy atom. The minimum atomic E-state index is 0.141. The lowest BCUT2D eigenvalue weighted by Gasteiger charge is -2.32. The largest absolute Gasteiger partial charge is 0.344 e. The van der Waals surface area contributed by atoms with Crippen LogP contribution < -0.4 is 0 Å². The topological polar surface area (TPSA) is 56.0 Å². The molecule has 1 unspecified atom stereocenters. The number of nitrogens with zero attached hydrogens (tertiary/aromatic N) is 5. The van der Waals surface area contributed by atoms with Gasteiger partial charge in [0.25, 0.3) is 5.91 Å². The number of piperidine rings is 1. The van der Waals surface area contributed by atoms with Crippen LogP contribution in [0.25, 0.3) is 11.3 Å². The van der Waals surface area contributed by atoms with Crippen LogP contribution in [0.4, 0.5) is 0 Å². The van der Waals surface area contributed by atoms with E-state index < -0.39 is 0 Å². The van der Waals surface area contributed by atoms with Crippen molar-refractivity contribution < 1.29 is 4.79 Å². The molecule has 1 atom stereocenters. The maximum Gasteiger partial charge on any atom is 0.255 e. The maximum atomic E-state index is 13.7. The number of hydrogen-bond donors (Lipinski definition) is 0. The number of benzene rings is 2. The summed E-state index contributed by atoms with van der Waals surface area (Å²) >= 11 is 0. The molecule has 1 saturated heterocycles. The van der Waals surface area contributed by atoms with Crippen LogP contribution in [0.5, 0.6) is 0 Å². The Labute approximate surface area is 207 Å².